The molecule has 0 aliphatic heterocycles. The molecule has 0 saturated heterocycles. The Labute approximate surface area is 189 Å². The summed E-state index contributed by atoms with van der Waals surface area (Å²) in [7, 11) is 0. The van der Waals surface area contributed by atoms with Crippen molar-refractivity contribution in [1.82, 2.24) is 9.97 Å². The van der Waals surface area contributed by atoms with Gasteiger partial charge in [0.2, 0.25) is 0 Å². The van der Waals surface area contributed by atoms with Crippen molar-refractivity contribution in [3.8, 4) is 0 Å². The Bertz CT molecular complexity index is 1190. The van der Waals surface area contributed by atoms with Crippen LogP contribution in [0.5, 0.6) is 0 Å². The van der Waals surface area contributed by atoms with Crippen molar-refractivity contribution in [2.24, 2.45) is 0 Å². The Morgan fingerprint density at radius 3 is 1.76 bits per heavy atom. The van der Waals surface area contributed by atoms with E-state index < -0.39 is 0 Å². The van der Waals surface area contributed by atoms with E-state index in [1.165, 1.54) is 10.8 Å². The predicted octanol–water partition coefficient (Wildman–Crippen LogP) is 6.64. The quantitative estimate of drug-likeness (QED) is 0.175. The molecule has 3 nitrogen and oxygen atoms in total. The SMILES string of the molecule is [Pt+2].[S-]C=C[N-]c1ccccc1.c1cnc2c(c1)ccc1ccc3cccnc3c12. The zero-order chi connectivity index (χ0) is 19.2. The van der Waals surface area contributed by atoms with Gasteiger partial charge in [-0.15, -0.1) is 5.69 Å². The second-order valence-electron chi connectivity index (χ2n) is 6.13. The first-order valence-electron chi connectivity index (χ1n) is 8.91. The van der Waals surface area contributed by atoms with Crippen LogP contribution in [0.4, 0.5) is 5.69 Å². The van der Waals surface area contributed by atoms with Gasteiger partial charge in [-0.05, 0) is 17.5 Å². The second-order valence-corrected chi connectivity index (χ2v) is 6.40. The van der Waals surface area contributed by atoms with Crippen LogP contribution >= 0.6 is 0 Å². The van der Waals surface area contributed by atoms with Crippen LogP contribution < -0.4 is 0 Å². The van der Waals surface area contributed by atoms with E-state index in [1.54, 1.807) is 6.20 Å². The Morgan fingerprint density at radius 1 is 0.655 bits per heavy atom. The van der Waals surface area contributed by atoms with Crippen LogP contribution in [0.2, 0.25) is 0 Å². The largest absolute Gasteiger partial charge is 2.00 e. The van der Waals surface area contributed by atoms with Crippen molar-refractivity contribution in [3.63, 3.8) is 0 Å². The smallest absolute Gasteiger partial charge is 0.789 e. The second kappa shape index (κ2) is 10.1. The van der Waals surface area contributed by atoms with Crippen molar-refractivity contribution in [2.45, 2.75) is 0 Å². The monoisotopic (exact) mass is 574 g/mol. The fourth-order valence-corrected chi connectivity index (χ4v) is 3.18. The van der Waals surface area contributed by atoms with Gasteiger partial charge in [0.1, 0.15) is 0 Å². The minimum atomic E-state index is 0. The number of hydrogen-bond donors (Lipinski definition) is 0. The van der Waals surface area contributed by atoms with Gasteiger partial charge < -0.3 is 17.9 Å². The minimum Gasteiger partial charge on any atom is -0.789 e. The molecule has 0 aliphatic carbocycles. The van der Waals surface area contributed by atoms with Crippen molar-refractivity contribution < 1.29 is 21.1 Å². The molecule has 0 spiro atoms. The van der Waals surface area contributed by atoms with Gasteiger partial charge in [-0.3, -0.25) is 9.97 Å². The summed E-state index contributed by atoms with van der Waals surface area (Å²) < 4.78 is 0. The molecule has 0 saturated carbocycles. The number of rotatable bonds is 2. The molecule has 0 N–H and O–H groups in total. The van der Waals surface area contributed by atoms with Crippen molar-refractivity contribution >= 4 is 50.9 Å². The van der Waals surface area contributed by atoms with Crippen LogP contribution in [0, 0.1) is 0 Å². The van der Waals surface area contributed by atoms with Gasteiger partial charge in [-0.25, -0.2) is 11.6 Å². The summed E-state index contributed by atoms with van der Waals surface area (Å²) in [4.78, 5) is 9.04. The third kappa shape index (κ3) is 4.79. The molecule has 5 rings (SSSR count). The Hall–Kier alpha value is -2.81. The fraction of sp³-hybridized carbons (Fsp3) is 0. The number of aromatic nitrogens is 2. The van der Waals surface area contributed by atoms with Gasteiger partial charge >= 0.3 is 21.1 Å². The Morgan fingerprint density at radius 2 is 1.21 bits per heavy atom. The van der Waals surface area contributed by atoms with E-state index in [9.17, 15) is 0 Å². The summed E-state index contributed by atoms with van der Waals surface area (Å²) in [6.07, 6.45) is 5.28. The topological polar surface area (TPSA) is 39.9 Å². The maximum absolute atomic E-state index is 4.58. The summed E-state index contributed by atoms with van der Waals surface area (Å²) in [5.74, 6) is 0. The van der Waals surface area contributed by atoms with Crippen LogP contribution in [-0.4, -0.2) is 9.97 Å². The molecule has 0 atom stereocenters. The fourth-order valence-electron chi connectivity index (χ4n) is 3.12. The van der Waals surface area contributed by atoms with Crippen molar-refractivity contribution in [1.29, 1.82) is 0 Å². The van der Waals surface area contributed by atoms with E-state index >= 15 is 0 Å². The molecular formula is C24H17N3PtS. The van der Waals surface area contributed by atoms with Crippen LogP contribution in [0.25, 0.3) is 37.9 Å². The van der Waals surface area contributed by atoms with Crippen LogP contribution in [0.3, 0.4) is 0 Å². The predicted molar refractivity (Wildman–Crippen MR) is 121 cm³/mol. The number of benzene rings is 3. The molecule has 3 aromatic carbocycles. The summed E-state index contributed by atoms with van der Waals surface area (Å²) in [5.41, 5.74) is 2.99. The maximum Gasteiger partial charge on any atom is 2.00 e. The molecule has 29 heavy (non-hydrogen) atoms. The van der Waals surface area contributed by atoms with E-state index in [-0.39, 0.29) is 21.1 Å². The van der Waals surface area contributed by atoms with Gasteiger partial charge in [-0.1, -0.05) is 66.7 Å². The standard InChI is InChI=1S/C16H10N2.C8H8NS.Pt/c1-3-12-7-5-11-6-8-13-4-2-10-18-16(13)14(11)15(12)17-9-1;10-7-6-9-8-4-2-1-3-5-8;/h1-10H;1-7,10H;/q;-1;+2/p-1. The van der Waals surface area contributed by atoms with Gasteiger partial charge in [0.05, 0.1) is 11.0 Å². The first-order valence-corrected chi connectivity index (χ1v) is 9.38. The van der Waals surface area contributed by atoms with Crippen molar-refractivity contribution in [2.75, 3.05) is 0 Å². The molecule has 0 radical (unpaired) electrons. The number of para-hydroxylation sites is 1. The molecule has 0 unspecified atom stereocenters. The summed E-state index contributed by atoms with van der Waals surface area (Å²) in [6, 6.07) is 26.3. The normalized spacial score (nSPS) is 10.5. The van der Waals surface area contributed by atoms with Gasteiger partial charge in [0.15, 0.2) is 0 Å². The third-order valence-corrected chi connectivity index (χ3v) is 4.49. The average Bonchev–Trinajstić information content (AvgIpc) is 2.78. The Balaban J connectivity index is 0.000000189. The first-order chi connectivity index (χ1) is 13.9. The molecule has 5 aromatic rings. The van der Waals surface area contributed by atoms with Crippen LogP contribution in [-0.2, 0) is 33.7 Å². The van der Waals surface area contributed by atoms with E-state index in [0.29, 0.717) is 0 Å². The molecule has 0 bridgehead atoms. The third-order valence-electron chi connectivity index (χ3n) is 4.37. The molecular weight excluding hydrogens is 557 g/mol. The Kier molecular flexibility index (Phi) is 7.29. The number of hydrogen-bond acceptors (Lipinski definition) is 3. The van der Waals surface area contributed by atoms with Gasteiger partial charge in [0, 0.05) is 28.6 Å². The van der Waals surface area contributed by atoms with Crippen LogP contribution in [0.15, 0.2) is 103 Å². The molecule has 5 heteroatoms. The summed E-state index contributed by atoms with van der Waals surface area (Å²) >= 11 is 4.58. The number of nitrogens with zero attached hydrogens (tertiary/aromatic N) is 3. The van der Waals surface area contributed by atoms with Crippen LogP contribution in [0.1, 0.15) is 0 Å². The number of pyridine rings is 2. The number of fused-ring (bicyclic) bond motifs is 5. The minimum absolute atomic E-state index is 0. The molecule has 2 heterocycles. The zero-order valence-electron chi connectivity index (χ0n) is 15.4. The van der Waals surface area contributed by atoms with E-state index in [0.717, 1.165) is 32.9 Å². The summed E-state index contributed by atoms with van der Waals surface area (Å²) in [5, 5.41) is 10.2. The molecule has 144 valence electrons. The molecule has 0 aliphatic rings. The zero-order valence-corrected chi connectivity index (χ0v) is 18.5. The average molecular weight is 575 g/mol. The maximum atomic E-state index is 4.58. The van der Waals surface area contributed by atoms with E-state index in [4.69, 9.17) is 0 Å². The van der Waals surface area contributed by atoms with Gasteiger partial charge in [0.25, 0.3) is 0 Å². The van der Waals surface area contributed by atoms with E-state index in [2.05, 4.69) is 64.3 Å². The van der Waals surface area contributed by atoms with E-state index in [1.807, 2.05) is 54.9 Å². The molecule has 2 aromatic heterocycles. The van der Waals surface area contributed by atoms with Crippen molar-refractivity contribution in [3.05, 3.63) is 108 Å². The molecule has 0 amide bonds. The first kappa shape index (κ1) is 20.9. The molecule has 0 fully saturated rings. The summed E-state index contributed by atoms with van der Waals surface area (Å²) in [6.45, 7) is 0. The van der Waals surface area contributed by atoms with Gasteiger partial charge in [-0.2, -0.15) is 0 Å².